The topological polar surface area (TPSA) is 89.0 Å². The lowest BCUT2D eigenvalue weighted by Gasteiger charge is -2.18. The monoisotopic (exact) mass is 351 g/mol. The van der Waals surface area contributed by atoms with Crippen molar-refractivity contribution in [3.63, 3.8) is 0 Å². The Kier molecular flexibility index (Phi) is 4.98. The average Bonchev–Trinajstić information content (AvgIpc) is 2.67. The van der Waals surface area contributed by atoms with Gasteiger partial charge in [0.2, 0.25) is 5.78 Å². The quantitative estimate of drug-likeness (QED) is 0.808. The highest BCUT2D eigenvalue weighted by atomic mass is 16.5. The fraction of sp³-hybridized carbons (Fsp3) is 0.105. The zero-order valence-electron chi connectivity index (χ0n) is 14.3. The zero-order chi connectivity index (χ0) is 18.5. The highest BCUT2D eigenvalue weighted by molar-refractivity contribution is 6.47. The van der Waals surface area contributed by atoms with Crippen LogP contribution in [-0.2, 0) is 9.59 Å². The predicted octanol–water partition coefficient (Wildman–Crippen LogP) is 2.43. The van der Waals surface area contributed by atoms with E-state index < -0.39 is 11.7 Å². The van der Waals surface area contributed by atoms with Crippen LogP contribution in [0.5, 0.6) is 11.5 Å². The number of benzene rings is 2. The third kappa shape index (κ3) is 3.89. The maximum absolute atomic E-state index is 11.8. The first-order chi connectivity index (χ1) is 12.6. The Labute approximate surface area is 150 Å². The molecule has 26 heavy (non-hydrogen) atoms. The first kappa shape index (κ1) is 17.2. The molecule has 0 radical (unpaired) electrons. The molecule has 0 bridgehead atoms. The number of anilines is 1. The van der Waals surface area contributed by atoms with E-state index in [0.29, 0.717) is 22.9 Å². The molecule has 0 unspecified atom stereocenters. The van der Waals surface area contributed by atoms with Gasteiger partial charge in [0.25, 0.3) is 5.91 Å². The highest BCUT2D eigenvalue weighted by Gasteiger charge is 2.24. The molecule has 0 atom stereocenters. The second kappa shape index (κ2) is 7.52. The van der Waals surface area contributed by atoms with Gasteiger partial charge in [0, 0.05) is 11.8 Å². The Bertz CT molecular complexity index is 884. The molecule has 1 heterocycles. The number of ether oxygens (including phenoxy) is 2. The first-order valence-corrected chi connectivity index (χ1v) is 7.80. The molecule has 1 aliphatic rings. The Morgan fingerprint density at radius 1 is 0.885 bits per heavy atom. The van der Waals surface area contributed by atoms with E-state index >= 15 is 0 Å². The molecule has 2 N–H and O–H groups in total. The number of hydrogen-bond donors (Lipinski definition) is 2. The van der Waals surface area contributed by atoms with Crippen LogP contribution in [0.1, 0.15) is 0 Å². The molecule has 0 fully saturated rings. The van der Waals surface area contributed by atoms with Crippen molar-refractivity contribution in [1.29, 1.82) is 0 Å². The van der Waals surface area contributed by atoms with E-state index in [1.54, 1.807) is 62.8 Å². The Morgan fingerprint density at radius 2 is 1.46 bits per heavy atom. The van der Waals surface area contributed by atoms with Gasteiger partial charge in [0.1, 0.15) is 11.5 Å². The number of hydrogen-bond acceptors (Lipinski definition) is 6. The summed E-state index contributed by atoms with van der Waals surface area (Å²) in [6.07, 6.45) is 1.23. The van der Waals surface area contributed by atoms with Crippen molar-refractivity contribution >= 4 is 28.9 Å². The van der Waals surface area contributed by atoms with Crippen LogP contribution in [0.2, 0.25) is 0 Å². The van der Waals surface area contributed by atoms with Crippen molar-refractivity contribution in [1.82, 2.24) is 5.32 Å². The highest BCUT2D eigenvalue weighted by Crippen LogP contribution is 2.21. The molecule has 1 aliphatic heterocycles. The lowest BCUT2D eigenvalue weighted by Crippen LogP contribution is -2.42. The molecule has 0 aromatic heterocycles. The molecule has 2 aromatic carbocycles. The van der Waals surface area contributed by atoms with E-state index in [1.807, 2.05) is 0 Å². The van der Waals surface area contributed by atoms with E-state index in [0.717, 1.165) is 5.69 Å². The van der Waals surface area contributed by atoms with Crippen molar-refractivity contribution in [2.75, 3.05) is 19.5 Å². The molecule has 3 rings (SSSR count). The molecule has 132 valence electrons. The summed E-state index contributed by atoms with van der Waals surface area (Å²) >= 11 is 0. The van der Waals surface area contributed by atoms with Crippen LogP contribution >= 0.6 is 0 Å². The van der Waals surface area contributed by atoms with Crippen molar-refractivity contribution in [2.45, 2.75) is 0 Å². The Balaban J connectivity index is 1.89. The van der Waals surface area contributed by atoms with Gasteiger partial charge in [-0.2, -0.15) is 0 Å². The minimum absolute atomic E-state index is 0.260. The molecule has 7 nitrogen and oxygen atoms in total. The minimum Gasteiger partial charge on any atom is -0.497 e. The van der Waals surface area contributed by atoms with Gasteiger partial charge in [0.15, 0.2) is 5.84 Å². The van der Waals surface area contributed by atoms with Gasteiger partial charge in [-0.05, 0) is 48.5 Å². The van der Waals surface area contributed by atoms with Crippen molar-refractivity contribution in [3.05, 3.63) is 60.3 Å². The largest absolute Gasteiger partial charge is 0.497 e. The Morgan fingerprint density at radius 3 is 2.04 bits per heavy atom. The molecule has 7 heteroatoms. The number of aliphatic imine (C=N–C) groups is 1. The number of rotatable bonds is 5. The lowest BCUT2D eigenvalue weighted by atomic mass is 10.2. The number of nitrogens with one attached hydrogen (secondary N) is 2. The van der Waals surface area contributed by atoms with Crippen LogP contribution < -0.4 is 20.1 Å². The molecular weight excluding hydrogens is 334 g/mol. The van der Waals surface area contributed by atoms with E-state index in [9.17, 15) is 9.59 Å². The van der Waals surface area contributed by atoms with Gasteiger partial charge in [-0.3, -0.25) is 9.59 Å². The number of carbonyl (C=O) groups is 2. The second-order valence-corrected chi connectivity index (χ2v) is 5.39. The fourth-order valence-electron chi connectivity index (χ4n) is 2.30. The van der Waals surface area contributed by atoms with Crippen LogP contribution in [0.3, 0.4) is 0 Å². The summed E-state index contributed by atoms with van der Waals surface area (Å²) in [5.74, 6) is 0.302. The van der Waals surface area contributed by atoms with Crippen LogP contribution in [0.25, 0.3) is 0 Å². The summed E-state index contributed by atoms with van der Waals surface area (Å²) in [7, 11) is 3.16. The number of amidine groups is 1. The van der Waals surface area contributed by atoms with E-state index in [2.05, 4.69) is 15.6 Å². The van der Waals surface area contributed by atoms with Crippen molar-refractivity contribution in [3.8, 4) is 11.5 Å². The molecule has 1 amide bonds. The van der Waals surface area contributed by atoms with Crippen LogP contribution in [0, 0.1) is 0 Å². The maximum Gasteiger partial charge on any atom is 0.297 e. The minimum atomic E-state index is -0.724. The van der Waals surface area contributed by atoms with E-state index in [-0.39, 0.29) is 5.84 Å². The zero-order valence-corrected chi connectivity index (χ0v) is 14.3. The summed E-state index contributed by atoms with van der Waals surface area (Å²) in [6.45, 7) is 0. The van der Waals surface area contributed by atoms with Crippen molar-refractivity contribution in [2.24, 2.45) is 4.99 Å². The number of ketones is 1. The third-order valence-electron chi connectivity index (χ3n) is 3.67. The maximum atomic E-state index is 11.8. The summed E-state index contributed by atoms with van der Waals surface area (Å²) in [6, 6.07) is 14.2. The molecule has 0 saturated carbocycles. The van der Waals surface area contributed by atoms with E-state index in [1.165, 1.54) is 6.08 Å². The van der Waals surface area contributed by atoms with Crippen LogP contribution in [-0.4, -0.2) is 31.7 Å². The number of methoxy groups -OCH3 is 2. The fourth-order valence-corrected chi connectivity index (χ4v) is 2.30. The van der Waals surface area contributed by atoms with Crippen LogP contribution in [0.15, 0.2) is 65.3 Å². The summed E-state index contributed by atoms with van der Waals surface area (Å²) in [4.78, 5) is 27.9. The van der Waals surface area contributed by atoms with Gasteiger partial charge in [-0.15, -0.1) is 0 Å². The first-order valence-electron chi connectivity index (χ1n) is 7.80. The number of amides is 1. The summed E-state index contributed by atoms with van der Waals surface area (Å²) < 4.78 is 10.2. The van der Waals surface area contributed by atoms with Gasteiger partial charge in [-0.25, -0.2) is 4.99 Å². The summed E-state index contributed by atoms with van der Waals surface area (Å²) in [5, 5.41) is 5.60. The standard InChI is InChI=1S/C19H17N3O4/c1-25-14-7-3-12(4-8-14)20-16-11-17(23)19(24)22-18(16)21-13-5-9-15(26-2)10-6-13/h3-11,20H,1-2H3,(H,21,22,24). The average molecular weight is 351 g/mol. The van der Waals surface area contributed by atoms with E-state index in [4.69, 9.17) is 9.47 Å². The summed E-state index contributed by atoms with van der Waals surface area (Å²) in [5.41, 5.74) is 1.73. The van der Waals surface area contributed by atoms with Gasteiger partial charge >= 0.3 is 0 Å². The predicted molar refractivity (Wildman–Crippen MR) is 97.9 cm³/mol. The second-order valence-electron chi connectivity index (χ2n) is 5.39. The normalized spacial score (nSPS) is 15.3. The SMILES string of the molecule is COc1ccc(N=C2NC(=O)C(=O)C=C2Nc2ccc(OC)cc2)cc1. The molecule has 0 spiro atoms. The lowest BCUT2D eigenvalue weighted by molar-refractivity contribution is -0.134. The molecule has 2 aromatic rings. The Hall–Kier alpha value is -3.61. The third-order valence-corrected chi connectivity index (χ3v) is 3.67. The molecule has 0 aliphatic carbocycles. The van der Waals surface area contributed by atoms with Crippen molar-refractivity contribution < 1.29 is 19.1 Å². The van der Waals surface area contributed by atoms with Gasteiger partial charge < -0.3 is 20.1 Å². The smallest absolute Gasteiger partial charge is 0.297 e. The van der Waals surface area contributed by atoms with Gasteiger partial charge in [-0.1, -0.05) is 0 Å². The molecule has 0 saturated heterocycles. The number of nitrogens with zero attached hydrogens (tertiary/aromatic N) is 1. The number of carbonyl (C=O) groups excluding carboxylic acids is 2. The van der Waals surface area contributed by atoms with Gasteiger partial charge in [0.05, 0.1) is 25.6 Å². The molecular formula is C19H17N3O4. The van der Waals surface area contributed by atoms with Crippen LogP contribution in [0.4, 0.5) is 11.4 Å².